The summed E-state index contributed by atoms with van der Waals surface area (Å²) in [6.07, 6.45) is 9.93. The maximum atomic E-state index is 4.01. The second-order valence-electron chi connectivity index (χ2n) is 4.36. The molecule has 0 spiro atoms. The number of benzene rings is 1. The Bertz CT molecular complexity index is 693. The molecule has 0 bridgehead atoms. The molecule has 0 radical (unpaired) electrons. The van der Waals surface area contributed by atoms with Crippen molar-refractivity contribution in [3.63, 3.8) is 0 Å². The Morgan fingerprint density at radius 1 is 0.944 bits per heavy atom. The van der Waals surface area contributed by atoms with Crippen molar-refractivity contribution >= 4 is 23.1 Å². The summed E-state index contributed by atoms with van der Waals surface area (Å²) in [5, 5.41) is 1.27. The van der Waals surface area contributed by atoms with E-state index < -0.39 is 0 Å². The molecule has 0 unspecified atom stereocenters. The van der Waals surface area contributed by atoms with Crippen LogP contribution in [0.5, 0.6) is 0 Å². The van der Waals surface area contributed by atoms with E-state index in [0.717, 1.165) is 5.56 Å². The van der Waals surface area contributed by atoms with Gasteiger partial charge in [-0.3, -0.25) is 4.98 Å². The molecule has 0 amide bonds. The molecule has 18 heavy (non-hydrogen) atoms. The van der Waals surface area contributed by atoms with E-state index in [4.69, 9.17) is 0 Å². The molecular formula is C16H14N2. The van der Waals surface area contributed by atoms with E-state index in [1.54, 1.807) is 12.4 Å². The van der Waals surface area contributed by atoms with Crippen LogP contribution < -0.4 is 0 Å². The molecule has 3 aromatic rings. The van der Waals surface area contributed by atoms with Gasteiger partial charge in [-0.1, -0.05) is 18.2 Å². The number of hydrogen-bond donors (Lipinski definition) is 0. The monoisotopic (exact) mass is 234 g/mol. The van der Waals surface area contributed by atoms with Crippen LogP contribution in [-0.2, 0) is 7.05 Å². The van der Waals surface area contributed by atoms with Crippen molar-refractivity contribution in [1.29, 1.82) is 0 Å². The predicted molar refractivity (Wildman–Crippen MR) is 76.1 cm³/mol. The molecule has 88 valence electrons. The highest BCUT2D eigenvalue weighted by atomic mass is 14.9. The third kappa shape index (κ3) is 2.05. The van der Waals surface area contributed by atoms with Gasteiger partial charge < -0.3 is 4.57 Å². The van der Waals surface area contributed by atoms with Gasteiger partial charge in [-0.05, 0) is 41.5 Å². The molecule has 0 aliphatic heterocycles. The van der Waals surface area contributed by atoms with Crippen molar-refractivity contribution < 1.29 is 0 Å². The molecule has 0 atom stereocenters. The Kier molecular flexibility index (Phi) is 2.69. The zero-order chi connectivity index (χ0) is 12.4. The van der Waals surface area contributed by atoms with Gasteiger partial charge >= 0.3 is 0 Å². The molecule has 0 N–H and O–H groups in total. The molecule has 1 aromatic carbocycles. The van der Waals surface area contributed by atoms with Crippen LogP contribution >= 0.6 is 0 Å². The standard InChI is InChI=1S/C16H14N2/c1-18-11-8-15-12-14(4-5-16(15)18)3-2-13-6-9-17-10-7-13/h2-12H,1H3/b3-2+. The fraction of sp³-hybridized carbons (Fsp3) is 0.0625. The second-order valence-corrected chi connectivity index (χ2v) is 4.36. The smallest absolute Gasteiger partial charge is 0.0478 e. The molecule has 2 heterocycles. The topological polar surface area (TPSA) is 17.8 Å². The summed E-state index contributed by atoms with van der Waals surface area (Å²) in [6.45, 7) is 0. The predicted octanol–water partition coefficient (Wildman–Crippen LogP) is 3.74. The van der Waals surface area contributed by atoms with Crippen LogP contribution in [0.25, 0.3) is 23.1 Å². The van der Waals surface area contributed by atoms with Crippen LogP contribution in [0, 0.1) is 0 Å². The summed E-state index contributed by atoms with van der Waals surface area (Å²) in [7, 11) is 2.06. The second kappa shape index (κ2) is 4.49. The summed E-state index contributed by atoms with van der Waals surface area (Å²) < 4.78 is 2.13. The first-order valence-electron chi connectivity index (χ1n) is 5.96. The summed E-state index contributed by atoms with van der Waals surface area (Å²) in [4.78, 5) is 4.01. The van der Waals surface area contributed by atoms with Crippen molar-refractivity contribution in [2.75, 3.05) is 0 Å². The van der Waals surface area contributed by atoms with Gasteiger partial charge in [-0.15, -0.1) is 0 Å². The molecule has 0 saturated carbocycles. The molecule has 2 aromatic heterocycles. The Morgan fingerprint density at radius 3 is 2.56 bits per heavy atom. The average Bonchev–Trinajstić information content (AvgIpc) is 2.79. The van der Waals surface area contributed by atoms with E-state index in [-0.39, 0.29) is 0 Å². The lowest BCUT2D eigenvalue weighted by atomic mass is 10.1. The molecular weight excluding hydrogens is 220 g/mol. The van der Waals surface area contributed by atoms with Gasteiger partial charge in [0, 0.05) is 36.5 Å². The molecule has 2 nitrogen and oxygen atoms in total. The van der Waals surface area contributed by atoms with Crippen LogP contribution in [0.2, 0.25) is 0 Å². The zero-order valence-corrected chi connectivity index (χ0v) is 10.2. The van der Waals surface area contributed by atoms with Crippen molar-refractivity contribution in [3.05, 3.63) is 66.1 Å². The number of nitrogens with zero attached hydrogens (tertiary/aromatic N) is 2. The van der Waals surface area contributed by atoms with E-state index in [2.05, 4.69) is 59.2 Å². The summed E-state index contributed by atoms with van der Waals surface area (Å²) >= 11 is 0. The largest absolute Gasteiger partial charge is 0.351 e. The van der Waals surface area contributed by atoms with Gasteiger partial charge in [0.2, 0.25) is 0 Å². The van der Waals surface area contributed by atoms with Crippen molar-refractivity contribution in [3.8, 4) is 0 Å². The van der Waals surface area contributed by atoms with Gasteiger partial charge in [0.15, 0.2) is 0 Å². The number of aryl methyl sites for hydroxylation is 1. The Hall–Kier alpha value is -2.35. The van der Waals surface area contributed by atoms with E-state index in [0.29, 0.717) is 0 Å². The molecule has 3 rings (SSSR count). The van der Waals surface area contributed by atoms with Gasteiger partial charge in [0.1, 0.15) is 0 Å². The van der Waals surface area contributed by atoms with Crippen LogP contribution in [0.15, 0.2) is 55.0 Å². The van der Waals surface area contributed by atoms with Crippen LogP contribution in [-0.4, -0.2) is 9.55 Å². The third-order valence-electron chi connectivity index (χ3n) is 3.08. The first kappa shape index (κ1) is 10.8. The van der Waals surface area contributed by atoms with Crippen molar-refractivity contribution in [2.24, 2.45) is 7.05 Å². The first-order chi connectivity index (χ1) is 8.83. The minimum atomic E-state index is 1.16. The lowest BCUT2D eigenvalue weighted by Crippen LogP contribution is -1.83. The normalized spacial score (nSPS) is 11.4. The fourth-order valence-electron chi connectivity index (χ4n) is 2.07. The fourth-order valence-corrected chi connectivity index (χ4v) is 2.07. The van der Waals surface area contributed by atoms with Gasteiger partial charge in [-0.25, -0.2) is 0 Å². The van der Waals surface area contributed by atoms with Crippen LogP contribution in [0.4, 0.5) is 0 Å². The van der Waals surface area contributed by atoms with Crippen LogP contribution in [0.1, 0.15) is 11.1 Å². The summed E-state index contributed by atoms with van der Waals surface area (Å²) in [5.74, 6) is 0. The quantitative estimate of drug-likeness (QED) is 0.660. The minimum Gasteiger partial charge on any atom is -0.351 e. The van der Waals surface area contributed by atoms with Crippen LogP contribution in [0.3, 0.4) is 0 Å². The highest BCUT2D eigenvalue weighted by molar-refractivity contribution is 5.84. The number of rotatable bonds is 2. The van der Waals surface area contributed by atoms with E-state index in [9.17, 15) is 0 Å². The maximum absolute atomic E-state index is 4.01. The number of hydrogen-bond acceptors (Lipinski definition) is 1. The Labute approximate surface area is 106 Å². The van der Waals surface area contributed by atoms with Gasteiger partial charge in [0.05, 0.1) is 0 Å². The number of fused-ring (bicyclic) bond motifs is 1. The summed E-state index contributed by atoms with van der Waals surface area (Å²) in [6, 6.07) is 12.6. The molecule has 0 aliphatic rings. The lowest BCUT2D eigenvalue weighted by molar-refractivity contribution is 0.969. The first-order valence-corrected chi connectivity index (χ1v) is 5.96. The molecule has 0 fully saturated rings. The molecule has 0 aliphatic carbocycles. The summed E-state index contributed by atoms with van der Waals surface area (Å²) in [5.41, 5.74) is 3.64. The number of pyridine rings is 1. The van der Waals surface area contributed by atoms with Gasteiger partial charge in [-0.2, -0.15) is 0 Å². The van der Waals surface area contributed by atoms with E-state index >= 15 is 0 Å². The Balaban J connectivity index is 1.93. The SMILES string of the molecule is Cn1ccc2cc(/C=C/c3ccncc3)ccc21. The highest BCUT2D eigenvalue weighted by Crippen LogP contribution is 2.18. The van der Waals surface area contributed by atoms with Crippen molar-refractivity contribution in [2.45, 2.75) is 0 Å². The van der Waals surface area contributed by atoms with E-state index in [1.807, 2.05) is 12.1 Å². The zero-order valence-electron chi connectivity index (χ0n) is 10.2. The Morgan fingerprint density at radius 2 is 1.72 bits per heavy atom. The minimum absolute atomic E-state index is 1.16. The molecule has 0 saturated heterocycles. The maximum Gasteiger partial charge on any atom is 0.0478 e. The third-order valence-corrected chi connectivity index (χ3v) is 3.08. The number of aromatic nitrogens is 2. The highest BCUT2D eigenvalue weighted by Gasteiger charge is 1.97. The molecule has 2 heteroatoms. The lowest BCUT2D eigenvalue weighted by Gasteiger charge is -1.98. The van der Waals surface area contributed by atoms with Gasteiger partial charge in [0.25, 0.3) is 0 Å². The van der Waals surface area contributed by atoms with E-state index in [1.165, 1.54) is 16.5 Å². The van der Waals surface area contributed by atoms with Crippen molar-refractivity contribution in [1.82, 2.24) is 9.55 Å². The average molecular weight is 234 g/mol.